The maximum atomic E-state index is 13.1. The van der Waals surface area contributed by atoms with Crippen molar-refractivity contribution in [2.75, 3.05) is 20.3 Å². The van der Waals surface area contributed by atoms with Crippen molar-refractivity contribution in [2.24, 2.45) is 5.73 Å². The number of hydrogen-bond acceptors (Lipinski definition) is 3. The highest BCUT2D eigenvalue weighted by Crippen LogP contribution is 2.09. The molecule has 0 saturated heterocycles. The van der Waals surface area contributed by atoms with Gasteiger partial charge in [-0.05, 0) is 37.5 Å². The number of hydrogen-bond donors (Lipinski definition) is 1. The van der Waals surface area contributed by atoms with Crippen molar-refractivity contribution in [3.63, 3.8) is 0 Å². The second-order valence-electron chi connectivity index (χ2n) is 4.72. The SMILES string of the molecule is CCN(Cc1cccc(F)c1)C(=O)C(N)CCCOC. The van der Waals surface area contributed by atoms with Crippen molar-refractivity contribution in [3.8, 4) is 0 Å². The van der Waals surface area contributed by atoms with Gasteiger partial charge < -0.3 is 15.4 Å². The van der Waals surface area contributed by atoms with Crippen LogP contribution in [0.2, 0.25) is 0 Å². The normalized spacial score (nSPS) is 12.2. The molecule has 112 valence electrons. The van der Waals surface area contributed by atoms with Crippen LogP contribution < -0.4 is 5.73 Å². The molecule has 0 aliphatic heterocycles. The molecule has 1 atom stereocenters. The van der Waals surface area contributed by atoms with Gasteiger partial charge in [-0.15, -0.1) is 0 Å². The molecule has 0 bridgehead atoms. The van der Waals surface area contributed by atoms with Crippen molar-refractivity contribution in [1.82, 2.24) is 4.90 Å². The predicted molar refractivity (Wildman–Crippen MR) is 76.6 cm³/mol. The Bertz CT molecular complexity index is 426. The number of amides is 1. The first-order valence-corrected chi connectivity index (χ1v) is 6.86. The van der Waals surface area contributed by atoms with Gasteiger partial charge in [0.1, 0.15) is 5.82 Å². The molecule has 0 fully saturated rings. The molecule has 0 saturated carbocycles. The Labute approximate surface area is 119 Å². The Morgan fingerprint density at radius 2 is 2.25 bits per heavy atom. The first kappa shape index (κ1) is 16.6. The van der Waals surface area contributed by atoms with E-state index in [1.807, 2.05) is 6.92 Å². The van der Waals surface area contributed by atoms with Crippen LogP contribution in [0.25, 0.3) is 0 Å². The third-order valence-electron chi connectivity index (χ3n) is 3.14. The molecule has 0 spiro atoms. The summed E-state index contributed by atoms with van der Waals surface area (Å²) >= 11 is 0. The highest BCUT2D eigenvalue weighted by atomic mass is 19.1. The molecule has 0 heterocycles. The monoisotopic (exact) mass is 282 g/mol. The maximum Gasteiger partial charge on any atom is 0.239 e. The van der Waals surface area contributed by atoms with Crippen LogP contribution in [-0.2, 0) is 16.1 Å². The molecule has 1 rings (SSSR count). The highest BCUT2D eigenvalue weighted by molar-refractivity contribution is 5.81. The zero-order chi connectivity index (χ0) is 15.0. The van der Waals surface area contributed by atoms with Gasteiger partial charge in [0.05, 0.1) is 6.04 Å². The topological polar surface area (TPSA) is 55.6 Å². The minimum Gasteiger partial charge on any atom is -0.385 e. The second-order valence-corrected chi connectivity index (χ2v) is 4.72. The van der Waals surface area contributed by atoms with E-state index in [-0.39, 0.29) is 11.7 Å². The molecule has 0 radical (unpaired) electrons. The zero-order valence-corrected chi connectivity index (χ0v) is 12.1. The van der Waals surface area contributed by atoms with Crippen molar-refractivity contribution < 1.29 is 13.9 Å². The van der Waals surface area contributed by atoms with Gasteiger partial charge >= 0.3 is 0 Å². The van der Waals surface area contributed by atoms with E-state index < -0.39 is 6.04 Å². The third kappa shape index (κ3) is 5.27. The van der Waals surface area contributed by atoms with E-state index in [9.17, 15) is 9.18 Å². The molecule has 1 aromatic carbocycles. The first-order valence-electron chi connectivity index (χ1n) is 6.86. The number of benzene rings is 1. The van der Waals surface area contributed by atoms with Crippen molar-refractivity contribution >= 4 is 5.91 Å². The minimum atomic E-state index is -0.529. The lowest BCUT2D eigenvalue weighted by Gasteiger charge is -2.24. The number of ether oxygens (including phenoxy) is 1. The summed E-state index contributed by atoms with van der Waals surface area (Å²) in [6.45, 7) is 3.41. The molecular formula is C15H23FN2O2. The fraction of sp³-hybridized carbons (Fsp3) is 0.533. The predicted octanol–water partition coefficient (Wildman–Crippen LogP) is 1.93. The van der Waals surface area contributed by atoms with Crippen LogP contribution in [0.5, 0.6) is 0 Å². The lowest BCUT2D eigenvalue weighted by atomic mass is 10.1. The van der Waals surface area contributed by atoms with E-state index in [0.717, 1.165) is 12.0 Å². The van der Waals surface area contributed by atoms with Crippen LogP contribution in [0.3, 0.4) is 0 Å². The molecule has 20 heavy (non-hydrogen) atoms. The molecular weight excluding hydrogens is 259 g/mol. The number of nitrogens with zero attached hydrogens (tertiary/aromatic N) is 1. The number of likely N-dealkylation sites (N-methyl/N-ethyl adjacent to an activating group) is 1. The molecule has 5 heteroatoms. The van der Waals surface area contributed by atoms with Crippen LogP contribution >= 0.6 is 0 Å². The smallest absolute Gasteiger partial charge is 0.239 e. The van der Waals surface area contributed by atoms with Gasteiger partial charge in [0, 0.05) is 26.8 Å². The molecule has 1 amide bonds. The summed E-state index contributed by atoms with van der Waals surface area (Å²) in [6, 6.07) is 5.74. The summed E-state index contributed by atoms with van der Waals surface area (Å²) in [5.74, 6) is -0.400. The maximum absolute atomic E-state index is 13.1. The van der Waals surface area contributed by atoms with Crippen LogP contribution in [0.4, 0.5) is 4.39 Å². The number of nitrogens with two attached hydrogens (primary N) is 1. The third-order valence-corrected chi connectivity index (χ3v) is 3.14. The lowest BCUT2D eigenvalue weighted by Crippen LogP contribution is -2.43. The van der Waals surface area contributed by atoms with Gasteiger partial charge in [0.15, 0.2) is 0 Å². The Kier molecular flexibility index (Phi) is 7.18. The van der Waals surface area contributed by atoms with Gasteiger partial charge in [-0.3, -0.25) is 4.79 Å². The standard InChI is InChI=1S/C15H23FN2O2/c1-3-18(11-12-6-4-7-13(16)10-12)15(19)14(17)8-5-9-20-2/h4,6-7,10,14H,3,5,8-9,11,17H2,1-2H3. The van der Waals surface area contributed by atoms with Crippen LogP contribution in [-0.4, -0.2) is 37.1 Å². The number of halogens is 1. The Morgan fingerprint density at radius 1 is 1.50 bits per heavy atom. The van der Waals surface area contributed by atoms with Gasteiger partial charge in [0.2, 0.25) is 5.91 Å². The molecule has 0 aliphatic carbocycles. The number of rotatable bonds is 8. The second kappa shape index (κ2) is 8.66. The molecule has 0 aliphatic rings. The molecule has 1 aromatic rings. The van der Waals surface area contributed by atoms with Crippen LogP contribution in [0.1, 0.15) is 25.3 Å². The van der Waals surface area contributed by atoms with E-state index in [4.69, 9.17) is 10.5 Å². The van der Waals surface area contributed by atoms with Crippen molar-refractivity contribution in [3.05, 3.63) is 35.6 Å². The van der Waals surface area contributed by atoms with E-state index in [2.05, 4.69) is 0 Å². The number of carbonyl (C=O) groups excluding carboxylic acids is 1. The minimum absolute atomic E-state index is 0.104. The quantitative estimate of drug-likeness (QED) is 0.741. The van der Waals surface area contributed by atoms with Gasteiger partial charge in [0.25, 0.3) is 0 Å². The van der Waals surface area contributed by atoms with E-state index >= 15 is 0 Å². The Balaban J connectivity index is 2.58. The Hall–Kier alpha value is -1.46. The molecule has 1 unspecified atom stereocenters. The van der Waals surface area contributed by atoms with Gasteiger partial charge in [-0.25, -0.2) is 4.39 Å². The van der Waals surface area contributed by atoms with Crippen molar-refractivity contribution in [2.45, 2.75) is 32.4 Å². The summed E-state index contributed by atoms with van der Waals surface area (Å²) in [4.78, 5) is 13.9. The average molecular weight is 282 g/mol. The van der Waals surface area contributed by atoms with Crippen LogP contribution in [0.15, 0.2) is 24.3 Å². The van der Waals surface area contributed by atoms with Crippen LogP contribution in [0, 0.1) is 5.82 Å². The average Bonchev–Trinajstić information content (AvgIpc) is 2.44. The molecule has 0 aromatic heterocycles. The fourth-order valence-corrected chi connectivity index (χ4v) is 2.01. The summed E-state index contributed by atoms with van der Waals surface area (Å²) in [7, 11) is 1.62. The van der Waals surface area contributed by atoms with Gasteiger partial charge in [-0.2, -0.15) is 0 Å². The zero-order valence-electron chi connectivity index (χ0n) is 12.1. The van der Waals surface area contributed by atoms with E-state index in [0.29, 0.717) is 26.1 Å². The summed E-state index contributed by atoms with van der Waals surface area (Å²) in [6.07, 6.45) is 1.34. The summed E-state index contributed by atoms with van der Waals surface area (Å²) in [5, 5.41) is 0. The molecule has 2 N–H and O–H groups in total. The summed E-state index contributed by atoms with van der Waals surface area (Å²) in [5.41, 5.74) is 6.67. The fourth-order valence-electron chi connectivity index (χ4n) is 2.01. The summed E-state index contributed by atoms with van der Waals surface area (Å²) < 4.78 is 18.1. The number of carbonyl (C=O) groups is 1. The highest BCUT2D eigenvalue weighted by Gasteiger charge is 2.19. The molecule has 4 nitrogen and oxygen atoms in total. The lowest BCUT2D eigenvalue weighted by molar-refractivity contribution is -0.133. The number of methoxy groups -OCH3 is 1. The Morgan fingerprint density at radius 3 is 2.85 bits per heavy atom. The first-order chi connectivity index (χ1) is 9.58. The van der Waals surface area contributed by atoms with E-state index in [1.54, 1.807) is 24.1 Å². The largest absolute Gasteiger partial charge is 0.385 e. The van der Waals surface area contributed by atoms with Gasteiger partial charge in [-0.1, -0.05) is 12.1 Å². The van der Waals surface area contributed by atoms with Crippen molar-refractivity contribution in [1.29, 1.82) is 0 Å². The van der Waals surface area contributed by atoms with E-state index in [1.165, 1.54) is 12.1 Å².